The number of rotatable bonds is 2. The molecule has 0 radical (unpaired) electrons. The minimum atomic E-state index is 0.907. The van der Waals surface area contributed by atoms with Crippen LogP contribution >= 0.6 is 0 Å². The van der Waals surface area contributed by atoms with Gasteiger partial charge in [0.25, 0.3) is 0 Å². The second kappa shape index (κ2) is 7.65. The van der Waals surface area contributed by atoms with Crippen molar-refractivity contribution in [1.29, 1.82) is 0 Å². The van der Waals surface area contributed by atoms with Crippen LogP contribution in [0.25, 0.3) is 66.4 Å². The number of hydrogen-bond donors (Lipinski definition) is 0. The maximum atomic E-state index is 4.75. The lowest BCUT2D eigenvalue weighted by atomic mass is 10.0. The van der Waals surface area contributed by atoms with Crippen LogP contribution in [0.15, 0.2) is 122 Å². The Bertz CT molecular complexity index is 2160. The van der Waals surface area contributed by atoms with Gasteiger partial charge in [-0.25, -0.2) is 0 Å². The summed E-state index contributed by atoms with van der Waals surface area (Å²) >= 11 is 0. The average molecular weight is 499 g/mol. The van der Waals surface area contributed by atoms with Gasteiger partial charge in [-0.1, -0.05) is 54.6 Å². The van der Waals surface area contributed by atoms with E-state index in [9.17, 15) is 0 Å². The summed E-state index contributed by atoms with van der Waals surface area (Å²) in [5, 5.41) is 2.36. The molecule has 1 aliphatic rings. The minimum Gasteiger partial charge on any atom is -0.308 e. The molecule has 0 aliphatic heterocycles. The monoisotopic (exact) mass is 498 g/mol. The Kier molecular flexibility index (Phi) is 4.08. The standard InChI is InChI=1S/C35H22N4/c1-3-11-29-25(8-1)34-32(14-6-18-36-34)38(29)23-17-16-22-20-28-24(27(22)21-23)10-5-13-31(28)39-30-12-4-2-9-26(30)35-33(39)15-7-19-37-35/h1-19,21H,20H2. The number of hydrogen-bond acceptors (Lipinski definition) is 2. The van der Waals surface area contributed by atoms with Gasteiger partial charge in [-0.05, 0) is 76.9 Å². The molecule has 1 aliphatic carbocycles. The third-order valence-corrected chi connectivity index (χ3v) is 8.26. The number of nitrogens with zero attached hydrogens (tertiary/aromatic N) is 4. The van der Waals surface area contributed by atoms with E-state index in [-0.39, 0.29) is 0 Å². The van der Waals surface area contributed by atoms with Crippen LogP contribution in [0.1, 0.15) is 11.1 Å². The van der Waals surface area contributed by atoms with Gasteiger partial charge in [0.2, 0.25) is 0 Å². The number of fused-ring (bicyclic) bond motifs is 9. The molecule has 182 valence electrons. The Labute approximate surface area is 224 Å². The van der Waals surface area contributed by atoms with Crippen LogP contribution in [0.2, 0.25) is 0 Å². The summed E-state index contributed by atoms with van der Waals surface area (Å²) in [6.45, 7) is 0. The van der Waals surface area contributed by atoms with E-state index in [0.29, 0.717) is 0 Å². The zero-order chi connectivity index (χ0) is 25.5. The SMILES string of the molecule is c1cc2c(c(-n3c4ccccc4c4ncccc43)c1)Cc1ccc(-n3c4ccccc4c4ncccc43)cc1-2. The van der Waals surface area contributed by atoms with Gasteiger partial charge in [-0.15, -0.1) is 0 Å². The van der Waals surface area contributed by atoms with Crippen molar-refractivity contribution in [3.8, 4) is 22.5 Å². The van der Waals surface area contributed by atoms with E-state index in [4.69, 9.17) is 9.97 Å². The van der Waals surface area contributed by atoms with E-state index in [2.05, 4.69) is 106 Å². The molecule has 4 aromatic carbocycles. The van der Waals surface area contributed by atoms with E-state index in [1.165, 1.54) is 49.7 Å². The molecule has 0 unspecified atom stereocenters. The summed E-state index contributed by atoms with van der Waals surface area (Å²) < 4.78 is 4.74. The number of aromatic nitrogens is 4. The van der Waals surface area contributed by atoms with E-state index in [0.717, 1.165) is 34.2 Å². The molecule has 0 saturated heterocycles. The van der Waals surface area contributed by atoms with E-state index in [1.54, 1.807) is 0 Å². The highest BCUT2D eigenvalue weighted by atomic mass is 15.0. The van der Waals surface area contributed by atoms with E-state index >= 15 is 0 Å². The van der Waals surface area contributed by atoms with Crippen molar-refractivity contribution in [3.63, 3.8) is 0 Å². The smallest absolute Gasteiger partial charge is 0.0963 e. The summed E-state index contributed by atoms with van der Waals surface area (Å²) in [5.74, 6) is 0. The lowest BCUT2D eigenvalue weighted by Crippen LogP contribution is -1.99. The maximum Gasteiger partial charge on any atom is 0.0963 e. The van der Waals surface area contributed by atoms with Gasteiger partial charge < -0.3 is 9.13 Å². The normalized spacial score (nSPS) is 12.5. The fraction of sp³-hybridized carbons (Fsp3) is 0.0286. The third kappa shape index (κ3) is 2.78. The molecule has 0 amide bonds. The molecule has 0 bridgehead atoms. The molecule has 9 rings (SSSR count). The number of para-hydroxylation sites is 2. The summed E-state index contributed by atoms with van der Waals surface area (Å²) in [4.78, 5) is 9.47. The van der Waals surface area contributed by atoms with Crippen molar-refractivity contribution in [2.75, 3.05) is 0 Å². The van der Waals surface area contributed by atoms with Crippen molar-refractivity contribution in [1.82, 2.24) is 19.1 Å². The van der Waals surface area contributed by atoms with Gasteiger partial charge in [0.1, 0.15) is 0 Å². The second-order valence-corrected chi connectivity index (χ2v) is 10.3. The molecule has 8 aromatic rings. The number of benzene rings is 4. The topological polar surface area (TPSA) is 35.6 Å². The quantitative estimate of drug-likeness (QED) is 0.241. The summed E-state index contributed by atoms with van der Waals surface area (Å²) in [7, 11) is 0. The highest BCUT2D eigenvalue weighted by Crippen LogP contribution is 2.43. The molecule has 4 heteroatoms. The van der Waals surface area contributed by atoms with Gasteiger partial charge in [0, 0.05) is 35.3 Å². The molecule has 0 atom stereocenters. The molecular formula is C35H22N4. The van der Waals surface area contributed by atoms with Crippen molar-refractivity contribution >= 4 is 43.9 Å². The van der Waals surface area contributed by atoms with Crippen molar-refractivity contribution in [3.05, 3.63) is 133 Å². The fourth-order valence-corrected chi connectivity index (χ4v) is 6.63. The lowest BCUT2D eigenvalue weighted by Gasteiger charge is -2.13. The Morgan fingerprint density at radius 1 is 0.513 bits per heavy atom. The molecule has 39 heavy (non-hydrogen) atoms. The summed E-state index contributed by atoms with van der Waals surface area (Å²) in [6, 6.07) is 39.2. The first kappa shape index (κ1) is 20.8. The molecule has 4 nitrogen and oxygen atoms in total. The van der Waals surface area contributed by atoms with Crippen molar-refractivity contribution < 1.29 is 0 Å². The number of pyridine rings is 2. The second-order valence-electron chi connectivity index (χ2n) is 10.3. The van der Waals surface area contributed by atoms with Gasteiger partial charge in [-0.3, -0.25) is 9.97 Å². The van der Waals surface area contributed by atoms with Crippen molar-refractivity contribution in [2.45, 2.75) is 6.42 Å². The van der Waals surface area contributed by atoms with E-state index in [1.807, 2.05) is 24.5 Å². The molecule has 4 aromatic heterocycles. The molecule has 0 saturated carbocycles. The predicted molar refractivity (Wildman–Crippen MR) is 159 cm³/mol. The molecule has 0 spiro atoms. The Balaban J connectivity index is 1.28. The predicted octanol–water partition coefficient (Wildman–Crippen LogP) is 8.24. The van der Waals surface area contributed by atoms with Crippen LogP contribution in [0.3, 0.4) is 0 Å². The van der Waals surface area contributed by atoms with Crippen LogP contribution < -0.4 is 0 Å². The van der Waals surface area contributed by atoms with Crippen LogP contribution in [-0.2, 0) is 6.42 Å². The third-order valence-electron chi connectivity index (χ3n) is 8.26. The van der Waals surface area contributed by atoms with Gasteiger partial charge in [-0.2, -0.15) is 0 Å². The summed E-state index contributed by atoms with van der Waals surface area (Å²) in [5.41, 5.74) is 14.4. The Hall–Kier alpha value is -5.22. The zero-order valence-electron chi connectivity index (χ0n) is 21.0. The molecular weight excluding hydrogens is 476 g/mol. The van der Waals surface area contributed by atoms with Gasteiger partial charge >= 0.3 is 0 Å². The van der Waals surface area contributed by atoms with Crippen LogP contribution in [-0.4, -0.2) is 19.1 Å². The minimum absolute atomic E-state index is 0.907. The lowest BCUT2D eigenvalue weighted by molar-refractivity contribution is 1.12. The van der Waals surface area contributed by atoms with E-state index < -0.39 is 0 Å². The molecule has 4 heterocycles. The highest BCUT2D eigenvalue weighted by Gasteiger charge is 2.25. The van der Waals surface area contributed by atoms with Crippen LogP contribution in [0, 0.1) is 0 Å². The van der Waals surface area contributed by atoms with Gasteiger partial charge in [0.05, 0.1) is 38.8 Å². The average Bonchev–Trinajstić information content (AvgIpc) is 3.65. The maximum absolute atomic E-state index is 4.75. The first-order chi connectivity index (χ1) is 19.4. The first-order valence-electron chi connectivity index (χ1n) is 13.3. The van der Waals surface area contributed by atoms with Crippen molar-refractivity contribution in [2.24, 2.45) is 0 Å². The van der Waals surface area contributed by atoms with Gasteiger partial charge in [0.15, 0.2) is 0 Å². The molecule has 0 fully saturated rings. The highest BCUT2D eigenvalue weighted by molar-refractivity contribution is 6.08. The summed E-state index contributed by atoms with van der Waals surface area (Å²) in [6.07, 6.45) is 4.67. The first-order valence-corrected chi connectivity index (χ1v) is 13.3. The molecule has 0 N–H and O–H groups in total. The largest absolute Gasteiger partial charge is 0.308 e. The van der Waals surface area contributed by atoms with Crippen LogP contribution in [0.5, 0.6) is 0 Å². The Morgan fingerprint density at radius 3 is 1.90 bits per heavy atom. The fourth-order valence-electron chi connectivity index (χ4n) is 6.63. The van der Waals surface area contributed by atoms with Crippen LogP contribution in [0.4, 0.5) is 0 Å². The zero-order valence-corrected chi connectivity index (χ0v) is 21.0. The Morgan fingerprint density at radius 2 is 1.15 bits per heavy atom.